The fourth-order valence-electron chi connectivity index (χ4n) is 1.57. The van der Waals surface area contributed by atoms with E-state index < -0.39 is 0 Å². The second-order valence-electron chi connectivity index (χ2n) is 4.17. The molecule has 0 heterocycles. The maximum atomic E-state index is 11.8. The molecule has 0 saturated heterocycles. The molecule has 2 N–H and O–H groups in total. The molecule has 1 rings (SSSR count). The van der Waals surface area contributed by atoms with Crippen LogP contribution in [-0.4, -0.2) is 30.1 Å². The lowest BCUT2D eigenvalue weighted by molar-refractivity contribution is -0.143. The first kappa shape index (κ1) is 15.0. The van der Waals surface area contributed by atoms with Crippen molar-refractivity contribution in [3.63, 3.8) is 0 Å². The standard InChI is InChI=1S/C14H19NO4/c1-3-19-13(17)5-4-8-15-14(18)11-6-7-12(16)10(2)9-11/h6-7,9,16H,3-5,8H2,1-2H3,(H,15,18). The predicted molar refractivity (Wildman–Crippen MR) is 71.0 cm³/mol. The molecule has 1 aromatic rings. The third-order valence-corrected chi connectivity index (χ3v) is 2.61. The van der Waals surface area contributed by atoms with Gasteiger partial charge in [0.25, 0.3) is 5.91 Å². The summed E-state index contributed by atoms with van der Waals surface area (Å²) < 4.78 is 4.78. The molecule has 5 heteroatoms. The Morgan fingerprint density at radius 1 is 1.37 bits per heavy atom. The van der Waals surface area contributed by atoms with Crippen LogP contribution >= 0.6 is 0 Å². The first-order valence-electron chi connectivity index (χ1n) is 6.28. The van der Waals surface area contributed by atoms with E-state index in [1.807, 2.05) is 0 Å². The van der Waals surface area contributed by atoms with Crippen LogP contribution in [-0.2, 0) is 9.53 Å². The Kier molecular flexibility index (Phi) is 5.85. The molecule has 0 saturated carbocycles. The molecule has 0 aliphatic heterocycles. The molecule has 1 amide bonds. The van der Waals surface area contributed by atoms with Crippen molar-refractivity contribution in [1.82, 2.24) is 5.32 Å². The average molecular weight is 265 g/mol. The molecule has 5 nitrogen and oxygen atoms in total. The summed E-state index contributed by atoms with van der Waals surface area (Å²) in [6, 6.07) is 4.67. The summed E-state index contributed by atoms with van der Waals surface area (Å²) in [5.41, 5.74) is 1.14. The van der Waals surface area contributed by atoms with Crippen LogP contribution in [0.15, 0.2) is 18.2 Å². The zero-order valence-corrected chi connectivity index (χ0v) is 11.2. The molecule has 0 fully saturated rings. The van der Waals surface area contributed by atoms with E-state index in [-0.39, 0.29) is 17.6 Å². The molecule has 0 unspecified atom stereocenters. The number of aryl methyl sites for hydroxylation is 1. The first-order valence-corrected chi connectivity index (χ1v) is 6.28. The van der Waals surface area contributed by atoms with Gasteiger partial charge in [-0.1, -0.05) is 0 Å². The first-order chi connectivity index (χ1) is 9.04. The Balaban J connectivity index is 2.35. The van der Waals surface area contributed by atoms with Gasteiger partial charge in [0.2, 0.25) is 0 Å². The smallest absolute Gasteiger partial charge is 0.305 e. The zero-order chi connectivity index (χ0) is 14.3. The molecule has 0 bridgehead atoms. The molecule has 0 aliphatic rings. The fraction of sp³-hybridized carbons (Fsp3) is 0.429. The van der Waals surface area contributed by atoms with Gasteiger partial charge in [-0.15, -0.1) is 0 Å². The Morgan fingerprint density at radius 2 is 2.11 bits per heavy atom. The minimum Gasteiger partial charge on any atom is -0.508 e. The van der Waals surface area contributed by atoms with Gasteiger partial charge in [-0.3, -0.25) is 9.59 Å². The van der Waals surface area contributed by atoms with Crippen LogP contribution < -0.4 is 5.32 Å². The van der Waals surface area contributed by atoms with E-state index >= 15 is 0 Å². The highest BCUT2D eigenvalue weighted by Gasteiger charge is 2.07. The van der Waals surface area contributed by atoms with E-state index in [1.54, 1.807) is 26.0 Å². The second-order valence-corrected chi connectivity index (χ2v) is 4.17. The minimum absolute atomic E-state index is 0.166. The number of esters is 1. The van der Waals surface area contributed by atoms with Crippen LogP contribution in [0.4, 0.5) is 0 Å². The lowest BCUT2D eigenvalue weighted by Gasteiger charge is -2.06. The number of amides is 1. The summed E-state index contributed by atoms with van der Waals surface area (Å²) in [6.45, 7) is 4.27. The molecule has 0 spiro atoms. The Labute approximate surface area is 112 Å². The van der Waals surface area contributed by atoms with Gasteiger partial charge in [-0.05, 0) is 44.0 Å². The van der Waals surface area contributed by atoms with E-state index in [0.29, 0.717) is 37.1 Å². The van der Waals surface area contributed by atoms with Crippen LogP contribution in [0, 0.1) is 6.92 Å². The Bertz CT molecular complexity index is 457. The molecule has 0 radical (unpaired) electrons. The van der Waals surface area contributed by atoms with Crippen molar-refractivity contribution < 1.29 is 19.4 Å². The lowest BCUT2D eigenvalue weighted by atomic mass is 10.1. The van der Waals surface area contributed by atoms with Crippen LogP contribution in [0.2, 0.25) is 0 Å². The van der Waals surface area contributed by atoms with E-state index in [4.69, 9.17) is 4.74 Å². The molecule has 0 atom stereocenters. The Morgan fingerprint density at radius 3 is 2.74 bits per heavy atom. The number of phenols is 1. The summed E-state index contributed by atoms with van der Waals surface area (Å²) >= 11 is 0. The summed E-state index contributed by atoms with van der Waals surface area (Å²) in [5, 5.41) is 12.1. The summed E-state index contributed by atoms with van der Waals surface area (Å²) in [4.78, 5) is 22.8. The number of nitrogens with one attached hydrogen (secondary N) is 1. The van der Waals surface area contributed by atoms with Crippen LogP contribution in [0.1, 0.15) is 35.7 Å². The molecular weight excluding hydrogens is 246 g/mol. The molecule has 19 heavy (non-hydrogen) atoms. The number of aromatic hydroxyl groups is 1. The van der Waals surface area contributed by atoms with Gasteiger partial charge in [0, 0.05) is 18.5 Å². The van der Waals surface area contributed by atoms with Gasteiger partial charge in [-0.25, -0.2) is 0 Å². The van der Waals surface area contributed by atoms with Crippen molar-refractivity contribution >= 4 is 11.9 Å². The monoisotopic (exact) mass is 265 g/mol. The molecule has 1 aromatic carbocycles. The number of hydrogen-bond acceptors (Lipinski definition) is 4. The van der Waals surface area contributed by atoms with Crippen molar-refractivity contribution in [2.24, 2.45) is 0 Å². The van der Waals surface area contributed by atoms with Crippen LogP contribution in [0.25, 0.3) is 0 Å². The number of phenolic OH excluding ortho intramolecular Hbond substituents is 1. The summed E-state index contributed by atoms with van der Waals surface area (Å²) in [5.74, 6) is -0.303. The average Bonchev–Trinajstić information content (AvgIpc) is 2.38. The SMILES string of the molecule is CCOC(=O)CCCNC(=O)c1ccc(O)c(C)c1. The van der Waals surface area contributed by atoms with E-state index in [2.05, 4.69) is 5.32 Å². The van der Waals surface area contributed by atoms with Crippen molar-refractivity contribution in [2.75, 3.05) is 13.2 Å². The fourth-order valence-corrected chi connectivity index (χ4v) is 1.57. The summed E-state index contributed by atoms with van der Waals surface area (Å²) in [7, 11) is 0. The predicted octanol–water partition coefficient (Wildman–Crippen LogP) is 1.77. The quantitative estimate of drug-likeness (QED) is 0.607. The van der Waals surface area contributed by atoms with Crippen molar-refractivity contribution in [2.45, 2.75) is 26.7 Å². The molecular formula is C14H19NO4. The number of hydrogen-bond donors (Lipinski definition) is 2. The van der Waals surface area contributed by atoms with Gasteiger partial charge in [0.05, 0.1) is 6.61 Å². The minimum atomic E-state index is -0.253. The largest absolute Gasteiger partial charge is 0.508 e. The lowest BCUT2D eigenvalue weighted by Crippen LogP contribution is -2.25. The number of carbonyl (C=O) groups is 2. The number of rotatable bonds is 6. The number of carbonyl (C=O) groups excluding carboxylic acids is 2. The normalized spacial score (nSPS) is 10.0. The van der Waals surface area contributed by atoms with Crippen molar-refractivity contribution in [3.8, 4) is 5.75 Å². The summed E-state index contributed by atoms with van der Waals surface area (Å²) in [6.07, 6.45) is 0.838. The van der Waals surface area contributed by atoms with E-state index in [0.717, 1.165) is 0 Å². The topological polar surface area (TPSA) is 75.6 Å². The van der Waals surface area contributed by atoms with Crippen LogP contribution in [0.3, 0.4) is 0 Å². The highest BCUT2D eigenvalue weighted by molar-refractivity contribution is 5.94. The third kappa shape index (κ3) is 4.99. The number of benzene rings is 1. The van der Waals surface area contributed by atoms with Gasteiger partial charge in [0.1, 0.15) is 5.75 Å². The third-order valence-electron chi connectivity index (χ3n) is 2.61. The molecule has 104 valence electrons. The van der Waals surface area contributed by atoms with Crippen molar-refractivity contribution in [3.05, 3.63) is 29.3 Å². The number of ether oxygens (including phenoxy) is 1. The van der Waals surface area contributed by atoms with Gasteiger partial charge >= 0.3 is 5.97 Å². The zero-order valence-electron chi connectivity index (χ0n) is 11.2. The highest BCUT2D eigenvalue weighted by Crippen LogP contribution is 2.16. The Hall–Kier alpha value is -2.04. The van der Waals surface area contributed by atoms with Gasteiger partial charge in [-0.2, -0.15) is 0 Å². The maximum Gasteiger partial charge on any atom is 0.305 e. The maximum absolute atomic E-state index is 11.8. The van der Waals surface area contributed by atoms with E-state index in [9.17, 15) is 14.7 Å². The van der Waals surface area contributed by atoms with Crippen molar-refractivity contribution in [1.29, 1.82) is 0 Å². The second kappa shape index (κ2) is 7.41. The van der Waals surface area contributed by atoms with Gasteiger partial charge < -0.3 is 15.2 Å². The van der Waals surface area contributed by atoms with E-state index in [1.165, 1.54) is 6.07 Å². The molecule has 0 aliphatic carbocycles. The van der Waals surface area contributed by atoms with Gasteiger partial charge in [0.15, 0.2) is 0 Å². The van der Waals surface area contributed by atoms with Crippen LogP contribution in [0.5, 0.6) is 5.75 Å². The molecule has 0 aromatic heterocycles. The highest BCUT2D eigenvalue weighted by atomic mass is 16.5.